The lowest BCUT2D eigenvalue weighted by molar-refractivity contribution is 0.0937. The van der Waals surface area contributed by atoms with Crippen LogP contribution in [-0.2, 0) is 0 Å². The summed E-state index contributed by atoms with van der Waals surface area (Å²) in [6.45, 7) is 1.89. The maximum Gasteiger partial charge on any atom is 0.292 e. The third-order valence-electron chi connectivity index (χ3n) is 3.20. The Hall–Kier alpha value is -1.43. The highest BCUT2D eigenvalue weighted by Crippen LogP contribution is 2.22. The molecule has 92 valence electrons. The van der Waals surface area contributed by atoms with Crippen LogP contribution in [0.15, 0.2) is 4.52 Å². The maximum atomic E-state index is 11.7. The molecule has 1 saturated heterocycles. The highest BCUT2D eigenvalue weighted by molar-refractivity contribution is 5.90. The van der Waals surface area contributed by atoms with Gasteiger partial charge in [-0.3, -0.25) is 4.79 Å². The van der Waals surface area contributed by atoms with Crippen LogP contribution in [-0.4, -0.2) is 35.2 Å². The van der Waals surface area contributed by atoms with Crippen molar-refractivity contribution in [2.24, 2.45) is 0 Å². The van der Waals surface area contributed by atoms with Crippen LogP contribution in [0, 0.1) is 0 Å². The van der Waals surface area contributed by atoms with E-state index in [1.54, 1.807) is 0 Å². The van der Waals surface area contributed by atoms with E-state index < -0.39 is 0 Å². The van der Waals surface area contributed by atoms with Gasteiger partial charge in [-0.1, -0.05) is 5.16 Å². The summed E-state index contributed by atoms with van der Waals surface area (Å²) >= 11 is 0. The molecule has 0 unspecified atom stereocenters. The molecule has 2 N–H and O–H groups in total. The van der Waals surface area contributed by atoms with Crippen molar-refractivity contribution in [1.82, 2.24) is 20.8 Å². The van der Waals surface area contributed by atoms with Crippen molar-refractivity contribution in [3.8, 4) is 0 Å². The average Bonchev–Trinajstić information content (AvgIpc) is 3.04. The Morgan fingerprint density at radius 3 is 3.00 bits per heavy atom. The van der Waals surface area contributed by atoms with Gasteiger partial charge in [0.25, 0.3) is 11.7 Å². The zero-order chi connectivity index (χ0) is 11.7. The molecule has 3 rings (SSSR count). The van der Waals surface area contributed by atoms with Gasteiger partial charge in [-0.25, -0.2) is 0 Å². The second-order valence-corrected chi connectivity index (χ2v) is 4.75. The van der Waals surface area contributed by atoms with Crippen LogP contribution in [0.5, 0.6) is 0 Å². The van der Waals surface area contributed by atoms with E-state index in [-0.39, 0.29) is 17.6 Å². The van der Waals surface area contributed by atoms with Gasteiger partial charge in [0, 0.05) is 12.6 Å². The Morgan fingerprint density at radius 2 is 2.29 bits per heavy atom. The lowest BCUT2D eigenvalue weighted by Crippen LogP contribution is -2.29. The molecule has 17 heavy (non-hydrogen) atoms. The normalized spacial score (nSPS) is 24.6. The van der Waals surface area contributed by atoms with Crippen LogP contribution in [0.25, 0.3) is 0 Å². The molecule has 1 aromatic rings. The second kappa shape index (κ2) is 4.44. The predicted molar refractivity (Wildman–Crippen MR) is 59.6 cm³/mol. The molecule has 1 saturated carbocycles. The van der Waals surface area contributed by atoms with Crippen LogP contribution in [0.1, 0.15) is 48.1 Å². The fourth-order valence-electron chi connectivity index (χ4n) is 2.03. The summed E-state index contributed by atoms with van der Waals surface area (Å²) < 4.78 is 5.17. The number of carbonyl (C=O) groups excluding carboxylic acids is 1. The Kier molecular flexibility index (Phi) is 2.80. The Labute approximate surface area is 99.2 Å². The van der Waals surface area contributed by atoms with Crippen molar-refractivity contribution >= 4 is 5.91 Å². The summed E-state index contributed by atoms with van der Waals surface area (Å²) in [6, 6.07) is 0.320. The Morgan fingerprint density at radius 1 is 1.41 bits per heavy atom. The van der Waals surface area contributed by atoms with Crippen molar-refractivity contribution < 1.29 is 9.32 Å². The minimum atomic E-state index is -0.216. The van der Waals surface area contributed by atoms with Crippen molar-refractivity contribution in [2.75, 3.05) is 13.1 Å². The zero-order valence-electron chi connectivity index (χ0n) is 9.61. The van der Waals surface area contributed by atoms with Gasteiger partial charge in [-0.2, -0.15) is 4.98 Å². The number of piperidine rings is 1. The largest absolute Gasteiger partial charge is 0.346 e. The van der Waals surface area contributed by atoms with Gasteiger partial charge >= 0.3 is 0 Å². The van der Waals surface area contributed by atoms with E-state index in [2.05, 4.69) is 20.8 Å². The van der Waals surface area contributed by atoms with Crippen molar-refractivity contribution in [3.05, 3.63) is 11.7 Å². The fraction of sp³-hybridized carbons (Fsp3) is 0.727. The summed E-state index contributed by atoms with van der Waals surface area (Å²) in [7, 11) is 0. The van der Waals surface area contributed by atoms with Gasteiger partial charge in [-0.15, -0.1) is 0 Å². The fourth-order valence-corrected chi connectivity index (χ4v) is 2.03. The van der Waals surface area contributed by atoms with Gasteiger partial charge < -0.3 is 15.2 Å². The van der Waals surface area contributed by atoms with Crippen molar-refractivity contribution in [3.63, 3.8) is 0 Å². The molecule has 1 atom stereocenters. The minimum Gasteiger partial charge on any atom is -0.346 e. The van der Waals surface area contributed by atoms with E-state index >= 15 is 0 Å². The van der Waals surface area contributed by atoms with Gasteiger partial charge in [-0.05, 0) is 32.2 Å². The summed E-state index contributed by atoms with van der Waals surface area (Å²) in [5.74, 6) is 0.778. The van der Waals surface area contributed by atoms with Gasteiger partial charge in [0.15, 0.2) is 0 Å². The highest BCUT2D eigenvalue weighted by Gasteiger charge is 2.27. The Balaban J connectivity index is 1.65. The summed E-state index contributed by atoms with van der Waals surface area (Å²) in [4.78, 5) is 15.9. The van der Waals surface area contributed by atoms with E-state index in [9.17, 15) is 4.79 Å². The van der Waals surface area contributed by atoms with E-state index in [1.807, 2.05) is 0 Å². The predicted octanol–water partition coefficient (Wildman–Crippen LogP) is 0.429. The van der Waals surface area contributed by atoms with Crippen molar-refractivity contribution in [2.45, 2.75) is 37.6 Å². The molecule has 6 nitrogen and oxygen atoms in total. The van der Waals surface area contributed by atoms with E-state index in [0.717, 1.165) is 38.8 Å². The molecular weight excluding hydrogens is 220 g/mol. The Bertz CT molecular complexity index is 407. The third kappa shape index (κ3) is 2.46. The molecule has 1 amide bonds. The standard InChI is InChI=1S/C11H16N4O2/c16-10(13-8-3-4-8)9-14-11(17-15-9)7-2-1-5-12-6-7/h7-8,12H,1-6H2,(H,13,16)/t7-/m0/s1. The number of carbonyl (C=O) groups is 1. The molecule has 2 aliphatic rings. The molecule has 1 aliphatic heterocycles. The monoisotopic (exact) mass is 236 g/mol. The average molecular weight is 236 g/mol. The van der Waals surface area contributed by atoms with E-state index in [1.165, 1.54) is 0 Å². The number of amides is 1. The van der Waals surface area contributed by atoms with Gasteiger partial charge in [0.1, 0.15) is 0 Å². The number of aromatic nitrogens is 2. The summed E-state index contributed by atoms with van der Waals surface area (Å²) in [5.41, 5.74) is 0. The molecular formula is C11H16N4O2. The SMILES string of the molecule is O=C(NC1CC1)c1noc([C@H]2CCCNC2)n1. The number of hydrogen-bond donors (Lipinski definition) is 2. The topological polar surface area (TPSA) is 80.0 Å². The maximum absolute atomic E-state index is 11.7. The molecule has 1 aliphatic carbocycles. The number of nitrogens with zero attached hydrogens (tertiary/aromatic N) is 2. The first-order valence-corrected chi connectivity index (χ1v) is 6.18. The molecule has 0 aromatic carbocycles. The first-order valence-electron chi connectivity index (χ1n) is 6.18. The minimum absolute atomic E-state index is 0.164. The van der Waals surface area contributed by atoms with Gasteiger partial charge in [0.2, 0.25) is 5.89 Å². The summed E-state index contributed by atoms with van der Waals surface area (Å²) in [6.07, 6.45) is 4.27. The third-order valence-corrected chi connectivity index (χ3v) is 3.20. The number of nitrogens with one attached hydrogen (secondary N) is 2. The smallest absolute Gasteiger partial charge is 0.292 e. The summed E-state index contributed by atoms with van der Waals surface area (Å²) in [5, 5.41) is 9.88. The lowest BCUT2D eigenvalue weighted by Gasteiger charge is -2.18. The molecule has 2 fully saturated rings. The molecule has 0 bridgehead atoms. The van der Waals surface area contributed by atoms with E-state index in [0.29, 0.717) is 11.9 Å². The molecule has 1 aromatic heterocycles. The lowest BCUT2D eigenvalue weighted by atomic mass is 10.00. The zero-order valence-corrected chi connectivity index (χ0v) is 9.61. The van der Waals surface area contributed by atoms with Crippen LogP contribution in [0.4, 0.5) is 0 Å². The first-order chi connectivity index (χ1) is 8.33. The van der Waals surface area contributed by atoms with Gasteiger partial charge in [0.05, 0.1) is 5.92 Å². The van der Waals surface area contributed by atoms with E-state index in [4.69, 9.17) is 4.52 Å². The molecule has 0 spiro atoms. The quantitative estimate of drug-likeness (QED) is 0.795. The van der Waals surface area contributed by atoms with Crippen LogP contribution >= 0.6 is 0 Å². The van der Waals surface area contributed by atoms with Crippen LogP contribution in [0.3, 0.4) is 0 Å². The van der Waals surface area contributed by atoms with Crippen molar-refractivity contribution in [1.29, 1.82) is 0 Å². The molecule has 0 radical (unpaired) electrons. The number of hydrogen-bond acceptors (Lipinski definition) is 5. The first kappa shape index (κ1) is 10.7. The molecule has 6 heteroatoms. The van der Waals surface area contributed by atoms with Crippen LogP contribution in [0.2, 0.25) is 0 Å². The number of rotatable bonds is 3. The highest BCUT2D eigenvalue weighted by atomic mass is 16.5. The molecule has 2 heterocycles. The van der Waals surface area contributed by atoms with Crippen LogP contribution < -0.4 is 10.6 Å². The second-order valence-electron chi connectivity index (χ2n) is 4.75.